The maximum atomic E-state index is 13.7. The van der Waals surface area contributed by atoms with E-state index in [0.717, 1.165) is 30.2 Å². The first kappa shape index (κ1) is 39.8. The van der Waals surface area contributed by atoms with Gasteiger partial charge in [0, 0.05) is 49.6 Å². The van der Waals surface area contributed by atoms with E-state index < -0.39 is 23.3 Å². The maximum absolute atomic E-state index is 13.7. The number of halogens is 4. The van der Waals surface area contributed by atoms with Crippen LogP contribution in [0.15, 0.2) is 22.9 Å². The number of carbonyl (C=O) groups excluding carboxylic acids is 3. The first-order valence-electron chi connectivity index (χ1n) is 17.7. The lowest BCUT2D eigenvalue weighted by molar-refractivity contribution is -0.142. The second kappa shape index (κ2) is 17.9. The molecule has 50 heavy (non-hydrogen) atoms. The van der Waals surface area contributed by atoms with Crippen LogP contribution in [0.1, 0.15) is 82.4 Å². The Balaban J connectivity index is 0.000000627. The molecule has 3 aliphatic rings. The Morgan fingerprint density at radius 1 is 1.04 bits per heavy atom. The molecule has 0 saturated carbocycles. The molecule has 2 aromatic rings. The summed E-state index contributed by atoms with van der Waals surface area (Å²) in [5.74, 6) is -0.815. The van der Waals surface area contributed by atoms with Crippen LogP contribution in [0.3, 0.4) is 0 Å². The minimum atomic E-state index is -4.71. The van der Waals surface area contributed by atoms with E-state index in [-0.39, 0.29) is 47.3 Å². The quantitative estimate of drug-likeness (QED) is 0.245. The molecule has 278 valence electrons. The average molecular weight is 741 g/mol. The minimum Gasteiger partial charge on any atom is -0.397 e. The lowest BCUT2D eigenvalue weighted by Gasteiger charge is -2.40. The predicted octanol–water partition coefficient (Wildman–Crippen LogP) is 7.59. The Labute approximate surface area is 303 Å². The second-order valence-electron chi connectivity index (χ2n) is 13.9. The number of piperidine rings is 2. The van der Waals surface area contributed by atoms with E-state index >= 15 is 0 Å². The number of alkyl halides is 3. The van der Waals surface area contributed by atoms with E-state index in [1.54, 1.807) is 9.80 Å². The molecular weight excluding hydrogens is 689 g/mol. The zero-order valence-corrected chi connectivity index (χ0v) is 31.2. The zero-order valence-electron chi connectivity index (χ0n) is 29.7. The fourth-order valence-corrected chi connectivity index (χ4v) is 8.00. The number of benzene rings is 1. The highest BCUT2D eigenvalue weighted by Gasteiger charge is 2.37. The molecule has 1 aromatic carbocycles. The number of hydrogen-bond acceptors (Lipinski definition) is 6. The number of rotatable bonds is 10. The van der Waals surface area contributed by atoms with Crippen LogP contribution in [0.25, 0.3) is 0 Å². The molecule has 5 rings (SSSR count). The average Bonchev–Trinajstić information content (AvgIpc) is 3.53. The van der Waals surface area contributed by atoms with Crippen LogP contribution in [-0.4, -0.2) is 89.8 Å². The highest BCUT2D eigenvalue weighted by Crippen LogP contribution is 2.39. The summed E-state index contributed by atoms with van der Waals surface area (Å²) in [6.07, 6.45) is 0.531. The van der Waals surface area contributed by atoms with Crippen molar-refractivity contribution >= 4 is 52.2 Å². The van der Waals surface area contributed by atoms with Crippen LogP contribution in [0.4, 0.5) is 29.3 Å². The maximum Gasteiger partial charge on any atom is 0.418 e. The smallest absolute Gasteiger partial charge is 0.397 e. The zero-order chi connectivity index (χ0) is 36.6. The largest absolute Gasteiger partial charge is 0.418 e. The van der Waals surface area contributed by atoms with Gasteiger partial charge in [0.15, 0.2) is 0 Å². The fraction of sp³-hybridized carbons (Fsp3) is 0.639. The van der Waals surface area contributed by atoms with Crippen molar-refractivity contribution < 1.29 is 27.6 Å². The molecule has 1 aromatic heterocycles. The molecule has 1 atom stereocenters. The number of hydrogen-bond donors (Lipinski definition) is 2. The van der Waals surface area contributed by atoms with Crippen molar-refractivity contribution in [3.63, 3.8) is 0 Å². The van der Waals surface area contributed by atoms with E-state index in [9.17, 15) is 27.6 Å². The lowest BCUT2D eigenvalue weighted by atomic mass is 9.90. The number of likely N-dealkylation sites (tertiary alicyclic amines) is 2. The van der Waals surface area contributed by atoms with Crippen LogP contribution in [-0.2, 0) is 28.7 Å². The van der Waals surface area contributed by atoms with Gasteiger partial charge in [-0.05, 0) is 94.1 Å². The third-order valence-electron chi connectivity index (χ3n) is 9.90. The molecular formula is C36H52ClF3N6O3S. The molecule has 0 radical (unpaired) electrons. The van der Waals surface area contributed by atoms with Crippen molar-refractivity contribution in [1.29, 1.82) is 0 Å². The number of nitrogens with zero attached hydrogens (tertiary/aromatic N) is 4. The number of amides is 4. The monoisotopic (exact) mass is 740 g/mol. The van der Waals surface area contributed by atoms with Crippen molar-refractivity contribution in [1.82, 2.24) is 19.6 Å². The van der Waals surface area contributed by atoms with Gasteiger partial charge in [-0.3, -0.25) is 9.59 Å². The first-order chi connectivity index (χ1) is 23.7. The predicted molar refractivity (Wildman–Crippen MR) is 194 cm³/mol. The van der Waals surface area contributed by atoms with Crippen molar-refractivity contribution in [3.8, 4) is 0 Å². The Morgan fingerprint density at radius 2 is 1.66 bits per heavy atom. The molecule has 0 aliphatic carbocycles. The van der Waals surface area contributed by atoms with Gasteiger partial charge in [-0.1, -0.05) is 32.4 Å². The molecule has 2 saturated heterocycles. The van der Waals surface area contributed by atoms with Crippen molar-refractivity contribution in [2.45, 2.75) is 90.9 Å². The lowest BCUT2D eigenvalue weighted by Crippen LogP contribution is -2.51. The molecule has 4 heterocycles. The third kappa shape index (κ3) is 10.5. The second-order valence-corrected chi connectivity index (χ2v) is 15.1. The Morgan fingerprint density at radius 3 is 2.26 bits per heavy atom. The summed E-state index contributed by atoms with van der Waals surface area (Å²) in [6.45, 7) is 11.5. The molecule has 4 amide bonds. The van der Waals surface area contributed by atoms with Crippen molar-refractivity contribution in [2.24, 2.45) is 11.8 Å². The Hall–Kier alpha value is -3.03. The number of fused-ring (bicyclic) bond motifs is 1. The van der Waals surface area contributed by atoms with Gasteiger partial charge in [0.1, 0.15) is 0 Å². The van der Waals surface area contributed by atoms with Gasteiger partial charge in [0.2, 0.25) is 11.8 Å². The van der Waals surface area contributed by atoms with E-state index in [1.807, 2.05) is 15.7 Å². The molecule has 0 bridgehead atoms. The standard InChI is InChI=1S/C29H35ClF3N5O3S.C7H17N/c1-17-2-6-37(7-3-17)27(40)19(10-18-11-22(29(31,32)33)26(34)23(30)12-18)13-25(39)36-8-4-21(5-9-36)38-14-20-15-42-16-24(20)35-28(38)41;1-4-6-8(3)7-5-2/h11-12,15-17,19,21H,2-10,13-14,34H2,1H3,(H,35,41);4-7H2,1-3H3/t19-;/m0./s1. The van der Waals surface area contributed by atoms with Gasteiger partial charge in [-0.2, -0.15) is 13.2 Å². The van der Waals surface area contributed by atoms with Crippen molar-refractivity contribution in [2.75, 3.05) is 57.4 Å². The van der Waals surface area contributed by atoms with Gasteiger partial charge >= 0.3 is 12.2 Å². The minimum absolute atomic E-state index is 0.0208. The summed E-state index contributed by atoms with van der Waals surface area (Å²) in [6, 6.07) is 2.11. The summed E-state index contributed by atoms with van der Waals surface area (Å²) >= 11 is 7.60. The van der Waals surface area contributed by atoms with Gasteiger partial charge in [0.05, 0.1) is 34.4 Å². The van der Waals surface area contributed by atoms with E-state index in [1.165, 1.54) is 43.3 Å². The molecule has 14 heteroatoms. The van der Waals surface area contributed by atoms with Crippen LogP contribution >= 0.6 is 22.9 Å². The molecule has 0 unspecified atom stereocenters. The SMILES string of the molecule is CC1CCN(C(=O)[C@H](CC(=O)N2CCC(N3Cc4cscc4NC3=O)CC2)Cc2cc(Cl)c(N)c(C(F)(F)F)c2)CC1.CCCN(C)CCC. The van der Waals surface area contributed by atoms with Gasteiger partial charge < -0.3 is 30.7 Å². The number of nitrogen functional groups attached to an aromatic ring is 1. The number of thiophene rings is 1. The summed E-state index contributed by atoms with van der Waals surface area (Å²) in [4.78, 5) is 47.4. The molecule has 9 nitrogen and oxygen atoms in total. The van der Waals surface area contributed by atoms with E-state index in [2.05, 4.69) is 38.0 Å². The summed E-state index contributed by atoms with van der Waals surface area (Å²) in [5.41, 5.74) is 6.13. The van der Waals surface area contributed by atoms with Crippen molar-refractivity contribution in [3.05, 3.63) is 44.6 Å². The van der Waals surface area contributed by atoms with Crippen LogP contribution in [0.5, 0.6) is 0 Å². The van der Waals surface area contributed by atoms with Crippen LogP contribution < -0.4 is 11.1 Å². The highest BCUT2D eigenvalue weighted by molar-refractivity contribution is 7.08. The highest BCUT2D eigenvalue weighted by atomic mass is 35.5. The third-order valence-corrected chi connectivity index (χ3v) is 11.0. The summed E-state index contributed by atoms with van der Waals surface area (Å²) in [7, 11) is 2.17. The Bertz CT molecular complexity index is 1450. The normalized spacial score (nSPS) is 18.0. The number of urea groups is 1. The van der Waals surface area contributed by atoms with E-state index in [0.29, 0.717) is 51.5 Å². The van der Waals surface area contributed by atoms with Crippen LogP contribution in [0, 0.1) is 11.8 Å². The van der Waals surface area contributed by atoms with Gasteiger partial charge in [0.25, 0.3) is 0 Å². The van der Waals surface area contributed by atoms with Crippen LogP contribution in [0.2, 0.25) is 5.02 Å². The molecule has 3 aliphatic heterocycles. The first-order valence-corrected chi connectivity index (χ1v) is 19.1. The fourth-order valence-electron chi connectivity index (χ4n) is 6.98. The Kier molecular flexibility index (Phi) is 14.3. The summed E-state index contributed by atoms with van der Waals surface area (Å²) < 4.78 is 40.9. The molecule has 3 N–H and O–H groups in total. The number of nitrogens with one attached hydrogen (secondary N) is 1. The summed E-state index contributed by atoms with van der Waals surface area (Å²) in [5, 5.41) is 6.62. The van der Waals surface area contributed by atoms with Gasteiger partial charge in [-0.15, -0.1) is 11.3 Å². The molecule has 0 spiro atoms. The number of anilines is 2. The number of nitrogens with two attached hydrogens (primary N) is 1. The molecule has 2 fully saturated rings. The topological polar surface area (TPSA) is 102 Å². The van der Waals surface area contributed by atoms with E-state index in [4.69, 9.17) is 17.3 Å². The number of carbonyl (C=O) groups is 3. The van der Waals surface area contributed by atoms with Gasteiger partial charge in [-0.25, -0.2) is 4.79 Å².